The molecule has 0 bridgehead atoms. The topological polar surface area (TPSA) is 96.9 Å². The molecule has 1 aromatic heterocycles. The Hall–Kier alpha value is -3.63. The van der Waals surface area contributed by atoms with Crippen LogP contribution in [0.3, 0.4) is 0 Å². The van der Waals surface area contributed by atoms with Crippen LogP contribution in [0.2, 0.25) is 0 Å². The van der Waals surface area contributed by atoms with Crippen LogP contribution >= 0.6 is 11.8 Å². The quantitative estimate of drug-likeness (QED) is 0.362. The van der Waals surface area contributed by atoms with E-state index in [9.17, 15) is 9.59 Å². The number of amides is 2. The van der Waals surface area contributed by atoms with Crippen molar-refractivity contribution < 1.29 is 19.1 Å². The van der Waals surface area contributed by atoms with E-state index in [1.807, 2.05) is 72.8 Å². The van der Waals surface area contributed by atoms with Crippen molar-refractivity contribution >= 4 is 35.3 Å². The van der Waals surface area contributed by atoms with Crippen molar-refractivity contribution in [3.63, 3.8) is 0 Å². The summed E-state index contributed by atoms with van der Waals surface area (Å²) >= 11 is 1.45. The lowest BCUT2D eigenvalue weighted by atomic mass is 10.1. The highest BCUT2D eigenvalue weighted by Gasteiger charge is 2.28. The smallest absolute Gasteiger partial charge is 0.407 e. The molecule has 0 saturated carbocycles. The predicted octanol–water partition coefficient (Wildman–Crippen LogP) is 3.91. The van der Waals surface area contributed by atoms with Gasteiger partial charge in [0.25, 0.3) is 5.91 Å². The number of nitrogens with zero attached hydrogens (tertiary/aromatic N) is 4. The maximum Gasteiger partial charge on any atom is 0.407 e. The molecular weight excluding hydrogens is 478 g/mol. The van der Waals surface area contributed by atoms with E-state index in [1.54, 1.807) is 11.1 Å². The van der Waals surface area contributed by atoms with Crippen molar-refractivity contribution in [1.29, 1.82) is 0 Å². The Balaban J connectivity index is 1.47. The maximum atomic E-state index is 13.4. The van der Waals surface area contributed by atoms with E-state index in [0.717, 1.165) is 16.8 Å². The molecule has 0 aliphatic carbocycles. The molecule has 188 valence electrons. The first-order valence-corrected chi connectivity index (χ1v) is 12.7. The van der Waals surface area contributed by atoms with Crippen molar-refractivity contribution in [3.05, 3.63) is 77.5 Å². The number of hydrogen-bond acceptors (Lipinski definition) is 8. The van der Waals surface area contributed by atoms with Gasteiger partial charge in [0.15, 0.2) is 5.16 Å². The van der Waals surface area contributed by atoms with Crippen LogP contribution in [0.1, 0.15) is 27.5 Å². The predicted molar refractivity (Wildman–Crippen MR) is 140 cm³/mol. The average molecular weight is 508 g/mol. The lowest BCUT2D eigenvalue weighted by molar-refractivity contribution is 0.0939. The fourth-order valence-corrected chi connectivity index (χ4v) is 4.30. The van der Waals surface area contributed by atoms with Crippen molar-refractivity contribution in [3.8, 4) is 0 Å². The van der Waals surface area contributed by atoms with Crippen molar-refractivity contribution in [1.82, 2.24) is 15.3 Å². The summed E-state index contributed by atoms with van der Waals surface area (Å²) in [7, 11) is 3.26. The summed E-state index contributed by atoms with van der Waals surface area (Å²) in [6, 6.07) is 17.0. The molecule has 2 heterocycles. The first kappa shape index (κ1) is 25.5. The molecule has 3 aromatic rings. The molecule has 1 atom stereocenters. The van der Waals surface area contributed by atoms with E-state index in [0.29, 0.717) is 36.2 Å². The van der Waals surface area contributed by atoms with Gasteiger partial charge >= 0.3 is 6.09 Å². The Kier molecular flexibility index (Phi) is 8.40. The molecule has 0 spiro atoms. The highest BCUT2D eigenvalue weighted by molar-refractivity contribution is 7.98. The van der Waals surface area contributed by atoms with Crippen molar-refractivity contribution in [2.75, 3.05) is 49.9 Å². The van der Waals surface area contributed by atoms with Crippen LogP contribution in [-0.4, -0.2) is 62.1 Å². The normalized spacial score (nSPS) is 14.1. The molecule has 0 saturated heterocycles. The van der Waals surface area contributed by atoms with Crippen LogP contribution in [0.5, 0.6) is 0 Å². The van der Waals surface area contributed by atoms with Gasteiger partial charge in [-0.25, -0.2) is 14.8 Å². The highest BCUT2D eigenvalue weighted by Crippen LogP contribution is 2.27. The van der Waals surface area contributed by atoms with Gasteiger partial charge in [0, 0.05) is 32.0 Å². The second-order valence-corrected chi connectivity index (χ2v) is 9.03. The Morgan fingerprint density at radius 3 is 2.72 bits per heavy atom. The summed E-state index contributed by atoms with van der Waals surface area (Å²) in [6.07, 6.45) is 3.00. The standard InChI is InChI=1S/C26H29N5O4S/c1-30-12-13-31(24(32)21-15-27-25(36-3)29-23(21)30)20-11-7-8-18(14-20)16-35-17-22(28-26(33)34-2)19-9-5-4-6-10-19/h4-11,14-15,22H,12-13,16-17H2,1-3H3,(H,28,33). The maximum absolute atomic E-state index is 13.4. The minimum Gasteiger partial charge on any atom is -0.453 e. The number of nitrogens with one attached hydrogen (secondary N) is 1. The van der Waals surface area contributed by atoms with Gasteiger partial charge in [0.1, 0.15) is 11.4 Å². The number of thioether (sulfide) groups is 1. The number of methoxy groups -OCH3 is 1. The molecule has 10 heteroatoms. The molecule has 0 fully saturated rings. The van der Waals surface area contributed by atoms with Crippen molar-refractivity contribution in [2.45, 2.75) is 17.8 Å². The number of rotatable bonds is 8. The number of anilines is 2. The number of likely N-dealkylation sites (N-methyl/N-ethyl adjacent to an activating group) is 1. The van der Waals surface area contributed by atoms with Crippen LogP contribution in [-0.2, 0) is 16.1 Å². The van der Waals surface area contributed by atoms with E-state index in [2.05, 4.69) is 15.3 Å². The SMILES string of the molecule is COC(=O)NC(COCc1cccc(N2CCN(C)c3nc(SC)ncc3C2=O)c1)c1ccccc1. The Bertz CT molecular complexity index is 1210. The molecule has 0 radical (unpaired) electrons. The summed E-state index contributed by atoms with van der Waals surface area (Å²) < 4.78 is 10.7. The number of alkyl carbamates (subject to hydrolysis) is 1. The molecule has 2 aromatic carbocycles. The number of fused-ring (bicyclic) bond motifs is 1. The number of aromatic nitrogens is 2. The Morgan fingerprint density at radius 1 is 1.17 bits per heavy atom. The zero-order chi connectivity index (χ0) is 25.5. The molecule has 1 unspecified atom stereocenters. The first-order chi connectivity index (χ1) is 17.5. The Morgan fingerprint density at radius 2 is 1.97 bits per heavy atom. The summed E-state index contributed by atoms with van der Waals surface area (Å²) in [5, 5.41) is 3.45. The van der Waals surface area contributed by atoms with E-state index in [1.165, 1.54) is 18.9 Å². The van der Waals surface area contributed by atoms with Gasteiger partial charge in [-0.2, -0.15) is 0 Å². The van der Waals surface area contributed by atoms with Gasteiger partial charge in [-0.1, -0.05) is 54.2 Å². The van der Waals surface area contributed by atoms with Crippen LogP contribution in [0.25, 0.3) is 0 Å². The molecular formula is C26H29N5O4S. The summed E-state index contributed by atoms with van der Waals surface area (Å²) in [5.41, 5.74) is 3.09. The second kappa shape index (κ2) is 11.9. The van der Waals surface area contributed by atoms with Gasteiger partial charge in [-0.3, -0.25) is 4.79 Å². The van der Waals surface area contributed by atoms with Crippen molar-refractivity contribution in [2.24, 2.45) is 0 Å². The number of hydrogen-bond donors (Lipinski definition) is 1. The number of carbonyl (C=O) groups excluding carboxylic acids is 2. The Labute approximate surface area is 214 Å². The fourth-order valence-electron chi connectivity index (χ4n) is 3.96. The zero-order valence-electron chi connectivity index (χ0n) is 20.5. The third-order valence-electron chi connectivity index (χ3n) is 5.88. The van der Waals surface area contributed by atoms with E-state index >= 15 is 0 Å². The molecule has 1 N–H and O–H groups in total. The third kappa shape index (κ3) is 5.95. The molecule has 4 rings (SSSR count). The lowest BCUT2D eigenvalue weighted by Gasteiger charge is -2.22. The first-order valence-electron chi connectivity index (χ1n) is 11.5. The summed E-state index contributed by atoms with van der Waals surface area (Å²) in [6.45, 7) is 1.74. The van der Waals surface area contributed by atoms with Gasteiger partial charge in [-0.05, 0) is 29.5 Å². The number of benzene rings is 2. The average Bonchev–Trinajstić information content (AvgIpc) is 3.04. The summed E-state index contributed by atoms with van der Waals surface area (Å²) in [5.74, 6) is 0.512. The van der Waals surface area contributed by atoms with Crippen LogP contribution in [0, 0.1) is 0 Å². The van der Waals surface area contributed by atoms with Crippen LogP contribution < -0.4 is 15.1 Å². The molecule has 9 nitrogen and oxygen atoms in total. The minimum atomic E-state index is -0.520. The van der Waals surface area contributed by atoms with Gasteiger partial charge in [0.2, 0.25) is 0 Å². The third-order valence-corrected chi connectivity index (χ3v) is 6.44. The van der Waals surface area contributed by atoms with E-state index in [4.69, 9.17) is 9.47 Å². The van der Waals surface area contributed by atoms with Crippen LogP contribution in [0.15, 0.2) is 66.0 Å². The zero-order valence-corrected chi connectivity index (χ0v) is 21.3. The molecule has 2 amide bonds. The summed E-state index contributed by atoms with van der Waals surface area (Å²) in [4.78, 5) is 37.8. The van der Waals surface area contributed by atoms with Gasteiger partial charge < -0.3 is 24.6 Å². The lowest BCUT2D eigenvalue weighted by Crippen LogP contribution is -2.33. The monoisotopic (exact) mass is 507 g/mol. The fraction of sp³-hybridized carbons (Fsp3) is 0.308. The van der Waals surface area contributed by atoms with Gasteiger partial charge in [-0.15, -0.1) is 0 Å². The molecule has 36 heavy (non-hydrogen) atoms. The van der Waals surface area contributed by atoms with E-state index < -0.39 is 6.09 Å². The van der Waals surface area contributed by atoms with Crippen LogP contribution in [0.4, 0.5) is 16.3 Å². The van der Waals surface area contributed by atoms with Gasteiger partial charge in [0.05, 0.1) is 26.4 Å². The second-order valence-electron chi connectivity index (χ2n) is 8.26. The van der Waals surface area contributed by atoms with E-state index in [-0.39, 0.29) is 18.6 Å². The minimum absolute atomic E-state index is 0.133. The highest BCUT2D eigenvalue weighted by atomic mass is 32.2. The molecule has 1 aliphatic heterocycles. The number of carbonyl (C=O) groups is 2. The molecule has 1 aliphatic rings. The largest absolute Gasteiger partial charge is 0.453 e. The number of ether oxygens (including phenoxy) is 2.